The van der Waals surface area contributed by atoms with E-state index in [1.807, 2.05) is 13.0 Å². The van der Waals surface area contributed by atoms with Crippen molar-refractivity contribution in [3.05, 3.63) is 35.5 Å². The predicted molar refractivity (Wildman–Crippen MR) is 93.7 cm³/mol. The lowest BCUT2D eigenvalue weighted by atomic mass is 9.69. The molecule has 5 heteroatoms. The summed E-state index contributed by atoms with van der Waals surface area (Å²) in [4.78, 5) is 35.8. The molecule has 2 rings (SSSR count). The van der Waals surface area contributed by atoms with Crippen molar-refractivity contribution < 1.29 is 23.9 Å². The highest BCUT2D eigenvalue weighted by atomic mass is 16.6. The van der Waals surface area contributed by atoms with Gasteiger partial charge in [0.15, 0.2) is 5.78 Å². The smallest absolute Gasteiger partial charge is 0.307 e. The van der Waals surface area contributed by atoms with Crippen LogP contribution in [0, 0.1) is 5.41 Å². The van der Waals surface area contributed by atoms with Crippen molar-refractivity contribution in [2.75, 3.05) is 0 Å². The van der Waals surface area contributed by atoms with Crippen molar-refractivity contribution in [3.63, 3.8) is 0 Å². The van der Waals surface area contributed by atoms with E-state index in [-0.39, 0.29) is 24.6 Å². The first-order valence-corrected chi connectivity index (χ1v) is 8.63. The topological polar surface area (TPSA) is 69.7 Å². The van der Waals surface area contributed by atoms with Gasteiger partial charge in [0.25, 0.3) is 0 Å². The number of allylic oxidation sites excluding steroid dienone is 4. The van der Waals surface area contributed by atoms with E-state index >= 15 is 0 Å². The molecule has 1 fully saturated rings. The van der Waals surface area contributed by atoms with Crippen molar-refractivity contribution in [2.45, 2.75) is 65.6 Å². The molecule has 0 aromatic carbocycles. The Kier molecular flexibility index (Phi) is 5.98. The van der Waals surface area contributed by atoms with Crippen LogP contribution >= 0.6 is 0 Å². The highest BCUT2D eigenvalue weighted by Crippen LogP contribution is 2.45. The van der Waals surface area contributed by atoms with E-state index in [2.05, 4.69) is 19.9 Å². The fraction of sp³-hybridized carbons (Fsp3) is 0.550. The monoisotopic (exact) mass is 346 g/mol. The van der Waals surface area contributed by atoms with E-state index in [1.54, 1.807) is 6.08 Å². The van der Waals surface area contributed by atoms with Gasteiger partial charge < -0.3 is 9.47 Å². The Morgan fingerprint density at radius 3 is 2.68 bits per heavy atom. The lowest BCUT2D eigenvalue weighted by Crippen LogP contribution is -2.43. The lowest BCUT2D eigenvalue weighted by Gasteiger charge is -2.34. The van der Waals surface area contributed by atoms with Crippen LogP contribution in [0.4, 0.5) is 0 Å². The van der Waals surface area contributed by atoms with Crippen molar-refractivity contribution >= 4 is 17.7 Å². The van der Waals surface area contributed by atoms with Crippen LogP contribution < -0.4 is 0 Å². The molecular formula is C20H26O5. The molecule has 0 aromatic heterocycles. The van der Waals surface area contributed by atoms with Crippen LogP contribution in [-0.4, -0.2) is 29.9 Å². The summed E-state index contributed by atoms with van der Waals surface area (Å²) in [6.07, 6.45) is 7.96. The summed E-state index contributed by atoms with van der Waals surface area (Å²) in [5, 5.41) is 0. The number of esters is 2. The third kappa shape index (κ3) is 4.68. The zero-order valence-electron chi connectivity index (χ0n) is 15.3. The summed E-state index contributed by atoms with van der Waals surface area (Å²) in [6, 6.07) is 0. The van der Waals surface area contributed by atoms with Gasteiger partial charge in [-0.2, -0.15) is 0 Å². The zero-order valence-corrected chi connectivity index (χ0v) is 15.3. The molecule has 0 N–H and O–H groups in total. The van der Waals surface area contributed by atoms with Crippen LogP contribution in [-0.2, 0) is 23.9 Å². The number of ketones is 1. The number of hydrogen-bond donors (Lipinski definition) is 0. The second-order valence-corrected chi connectivity index (χ2v) is 7.15. The molecule has 0 saturated carbocycles. The maximum absolute atomic E-state index is 12.6. The Labute approximate surface area is 148 Å². The number of ether oxygens (including phenoxy) is 2. The molecule has 1 spiro atoms. The van der Waals surface area contributed by atoms with Crippen LogP contribution in [0.25, 0.3) is 0 Å². The number of carbonyl (C=O) groups excluding carboxylic acids is 3. The largest absolute Gasteiger partial charge is 0.458 e. The van der Waals surface area contributed by atoms with E-state index in [1.165, 1.54) is 18.6 Å². The molecule has 0 radical (unpaired) electrons. The highest BCUT2D eigenvalue weighted by Gasteiger charge is 2.55. The Morgan fingerprint density at radius 1 is 1.32 bits per heavy atom. The SMILES string of the molecule is CC(=O)OC1C=CC(=O)C2(CC(=O)OC2C=C(C)CCC=C(C)C)C1. The van der Waals surface area contributed by atoms with Gasteiger partial charge in [-0.25, -0.2) is 0 Å². The quantitative estimate of drug-likeness (QED) is 0.563. The Bertz CT molecular complexity index is 651. The fourth-order valence-electron chi connectivity index (χ4n) is 3.38. The van der Waals surface area contributed by atoms with Crippen molar-refractivity contribution in [1.29, 1.82) is 0 Å². The van der Waals surface area contributed by atoms with Crippen LogP contribution in [0.1, 0.15) is 53.4 Å². The summed E-state index contributed by atoms with van der Waals surface area (Å²) in [5.41, 5.74) is 1.36. The molecule has 2 aliphatic rings. The summed E-state index contributed by atoms with van der Waals surface area (Å²) >= 11 is 0. The molecule has 0 aromatic rings. The van der Waals surface area contributed by atoms with Crippen LogP contribution in [0.2, 0.25) is 0 Å². The van der Waals surface area contributed by atoms with Gasteiger partial charge in [0.05, 0.1) is 11.8 Å². The Morgan fingerprint density at radius 2 is 2.04 bits per heavy atom. The van der Waals surface area contributed by atoms with Crippen molar-refractivity contribution in [1.82, 2.24) is 0 Å². The van der Waals surface area contributed by atoms with E-state index in [9.17, 15) is 14.4 Å². The zero-order chi connectivity index (χ0) is 18.6. The van der Waals surface area contributed by atoms with Crippen LogP contribution in [0.15, 0.2) is 35.5 Å². The number of rotatable bonds is 5. The van der Waals surface area contributed by atoms with Crippen LogP contribution in [0.3, 0.4) is 0 Å². The van der Waals surface area contributed by atoms with E-state index in [4.69, 9.17) is 9.47 Å². The fourth-order valence-corrected chi connectivity index (χ4v) is 3.38. The number of cyclic esters (lactones) is 1. The summed E-state index contributed by atoms with van der Waals surface area (Å²) < 4.78 is 10.7. The normalized spacial score (nSPS) is 28.9. The molecule has 3 unspecified atom stereocenters. The van der Waals surface area contributed by atoms with Gasteiger partial charge in [-0.1, -0.05) is 17.2 Å². The first kappa shape index (κ1) is 19.2. The average molecular weight is 346 g/mol. The third-order valence-corrected chi connectivity index (χ3v) is 4.63. The highest BCUT2D eigenvalue weighted by molar-refractivity contribution is 6.00. The summed E-state index contributed by atoms with van der Waals surface area (Å²) in [7, 11) is 0. The summed E-state index contributed by atoms with van der Waals surface area (Å²) in [5.74, 6) is -0.932. The van der Waals surface area contributed by atoms with Gasteiger partial charge >= 0.3 is 11.9 Å². The molecule has 136 valence electrons. The van der Waals surface area contributed by atoms with Gasteiger partial charge in [-0.3, -0.25) is 14.4 Å². The van der Waals surface area contributed by atoms with Gasteiger partial charge in [-0.05, 0) is 51.8 Å². The minimum absolute atomic E-state index is 0.0242. The molecule has 3 atom stereocenters. The average Bonchev–Trinajstić information content (AvgIpc) is 2.78. The maximum Gasteiger partial charge on any atom is 0.307 e. The molecule has 1 aliphatic carbocycles. The second kappa shape index (κ2) is 7.81. The predicted octanol–water partition coefficient (Wildman–Crippen LogP) is 3.44. The first-order valence-electron chi connectivity index (χ1n) is 8.63. The van der Waals surface area contributed by atoms with Crippen molar-refractivity contribution in [3.8, 4) is 0 Å². The molecule has 0 bridgehead atoms. The standard InChI is InChI=1S/C20H26O5/c1-13(2)6-5-7-14(3)10-18-20(12-19(23)25-18)11-16(24-15(4)21)8-9-17(20)22/h6,8-10,16,18H,5,7,11-12H2,1-4H3. The van der Waals surface area contributed by atoms with E-state index in [0.717, 1.165) is 18.4 Å². The third-order valence-electron chi connectivity index (χ3n) is 4.63. The second-order valence-electron chi connectivity index (χ2n) is 7.15. The lowest BCUT2D eigenvalue weighted by molar-refractivity contribution is -0.148. The van der Waals surface area contributed by atoms with E-state index in [0.29, 0.717) is 0 Å². The van der Waals surface area contributed by atoms with Gasteiger partial charge in [0.1, 0.15) is 12.2 Å². The molecule has 1 aliphatic heterocycles. The first-order chi connectivity index (χ1) is 11.7. The Hall–Kier alpha value is -2.17. The minimum atomic E-state index is -0.969. The Balaban J connectivity index is 2.20. The molecule has 1 saturated heterocycles. The number of hydrogen-bond acceptors (Lipinski definition) is 5. The van der Waals surface area contributed by atoms with Gasteiger partial charge in [0.2, 0.25) is 0 Å². The molecule has 5 nitrogen and oxygen atoms in total. The van der Waals surface area contributed by atoms with Crippen molar-refractivity contribution in [2.24, 2.45) is 5.41 Å². The van der Waals surface area contributed by atoms with Crippen LogP contribution in [0.5, 0.6) is 0 Å². The van der Waals surface area contributed by atoms with Gasteiger partial charge in [-0.15, -0.1) is 0 Å². The molecule has 1 heterocycles. The summed E-state index contributed by atoms with van der Waals surface area (Å²) in [6.45, 7) is 7.41. The minimum Gasteiger partial charge on any atom is -0.458 e. The molecule has 0 amide bonds. The van der Waals surface area contributed by atoms with E-state index < -0.39 is 23.6 Å². The molecular weight excluding hydrogens is 320 g/mol. The molecule has 25 heavy (non-hydrogen) atoms. The number of carbonyl (C=O) groups is 3. The van der Waals surface area contributed by atoms with Gasteiger partial charge in [0, 0.05) is 13.3 Å². The maximum atomic E-state index is 12.6.